The van der Waals surface area contributed by atoms with E-state index >= 15 is 0 Å². The normalized spacial score (nSPS) is 11.3. The molecule has 1 aromatic heterocycles. The van der Waals surface area contributed by atoms with Gasteiger partial charge in [0.2, 0.25) is 0 Å². The number of fused-ring (bicyclic) bond motifs is 1. The zero-order valence-corrected chi connectivity index (χ0v) is 24.9. The van der Waals surface area contributed by atoms with Crippen molar-refractivity contribution >= 4 is 67.0 Å². The largest absolute Gasteiger partial charge is 0.497 e. The molecular weight excluding hydrogens is 604 g/mol. The molecule has 0 aliphatic heterocycles. The fourth-order valence-corrected chi connectivity index (χ4v) is 5.45. The molecule has 1 heterocycles. The Morgan fingerprint density at radius 3 is 2.51 bits per heavy atom. The van der Waals surface area contributed by atoms with Gasteiger partial charge in [0, 0.05) is 14.6 Å². The van der Waals surface area contributed by atoms with Crippen molar-refractivity contribution in [3.63, 3.8) is 0 Å². The molecule has 0 bridgehead atoms. The van der Waals surface area contributed by atoms with E-state index in [-0.39, 0.29) is 18.4 Å². The number of hydrogen-bond donors (Lipinski definition) is 1. The molecule has 0 atom stereocenters. The Morgan fingerprint density at radius 1 is 1.10 bits per heavy atom. The van der Waals surface area contributed by atoms with Crippen molar-refractivity contribution in [2.45, 2.75) is 26.7 Å². The second kappa shape index (κ2) is 12.6. The summed E-state index contributed by atoms with van der Waals surface area (Å²) in [6, 6.07) is 16.1. The summed E-state index contributed by atoms with van der Waals surface area (Å²) in [6.45, 7) is 5.93. The molecule has 0 saturated heterocycles. The van der Waals surface area contributed by atoms with Gasteiger partial charge in [0.1, 0.15) is 22.1 Å². The monoisotopic (exact) mass is 628 g/mol. The average Bonchev–Trinajstić information content (AvgIpc) is 3.25. The third kappa shape index (κ3) is 6.98. The van der Waals surface area contributed by atoms with Crippen LogP contribution in [0.5, 0.6) is 17.2 Å². The Morgan fingerprint density at radius 2 is 1.82 bits per heavy atom. The summed E-state index contributed by atoms with van der Waals surface area (Å²) in [5.41, 5.74) is 5.20. The molecule has 202 valence electrons. The maximum Gasteiger partial charge on any atom is 0.355 e. The molecule has 0 unspecified atom stereocenters. The van der Waals surface area contributed by atoms with Gasteiger partial charge in [0.05, 0.1) is 18.3 Å². The molecule has 3 aromatic carbocycles. The van der Waals surface area contributed by atoms with E-state index in [9.17, 15) is 9.59 Å². The second-order valence-corrected chi connectivity index (χ2v) is 11.2. The zero-order chi connectivity index (χ0) is 28.1. The molecule has 4 rings (SSSR count). The van der Waals surface area contributed by atoms with Gasteiger partial charge in [-0.3, -0.25) is 4.79 Å². The summed E-state index contributed by atoms with van der Waals surface area (Å²) in [4.78, 5) is 25.3. The van der Waals surface area contributed by atoms with E-state index in [2.05, 4.69) is 40.3 Å². The highest BCUT2D eigenvalue weighted by Gasteiger charge is 2.19. The number of ether oxygens (including phenoxy) is 3. The van der Waals surface area contributed by atoms with Gasteiger partial charge in [-0.2, -0.15) is 5.10 Å². The first kappa shape index (κ1) is 28.6. The molecule has 0 radical (unpaired) electrons. The van der Waals surface area contributed by atoms with Crippen LogP contribution in [0.15, 0.2) is 64.2 Å². The third-order valence-corrected chi connectivity index (χ3v) is 8.28. The Bertz CT molecular complexity index is 1550. The number of aryl methyl sites for hydroxylation is 1. The number of amides is 1. The molecule has 7 nitrogen and oxygen atoms in total. The lowest BCUT2D eigenvalue weighted by molar-refractivity contribution is -0.123. The highest BCUT2D eigenvalue weighted by molar-refractivity contribution is 9.10. The summed E-state index contributed by atoms with van der Waals surface area (Å²) in [5, 5.41) is 5.10. The number of carbonyl (C=O) groups is 2. The topological polar surface area (TPSA) is 86.2 Å². The fourth-order valence-electron chi connectivity index (χ4n) is 3.68. The van der Waals surface area contributed by atoms with Crippen LogP contribution in [0.1, 0.15) is 46.1 Å². The first-order valence-electron chi connectivity index (χ1n) is 12.0. The Labute approximate surface area is 243 Å². The predicted octanol–water partition coefficient (Wildman–Crippen LogP) is 7.51. The maximum absolute atomic E-state index is 12.7. The summed E-state index contributed by atoms with van der Waals surface area (Å²) in [5.74, 6) is 1.02. The number of benzene rings is 3. The average molecular weight is 630 g/mol. The van der Waals surface area contributed by atoms with Crippen LogP contribution >= 0.6 is 38.9 Å². The summed E-state index contributed by atoms with van der Waals surface area (Å²) in [7, 11) is 1.58. The fraction of sp³-hybridized carbons (Fsp3) is 0.207. The molecule has 1 N–H and O–H groups in total. The van der Waals surface area contributed by atoms with Gasteiger partial charge in [0.15, 0.2) is 6.61 Å². The van der Waals surface area contributed by atoms with Crippen LogP contribution in [0.4, 0.5) is 0 Å². The SMILES string of the molecule is COc1ccc2c(Cl)c(C(=O)Oc3ccc(/C=N\NC(=O)COc4cc(C)c(Br)cc4C(C)C)cc3)sc2c1. The van der Waals surface area contributed by atoms with E-state index in [1.165, 1.54) is 17.6 Å². The molecule has 10 heteroatoms. The van der Waals surface area contributed by atoms with E-state index < -0.39 is 5.97 Å². The van der Waals surface area contributed by atoms with Crippen molar-refractivity contribution in [2.24, 2.45) is 5.10 Å². The highest BCUT2D eigenvalue weighted by atomic mass is 79.9. The van der Waals surface area contributed by atoms with Gasteiger partial charge in [-0.25, -0.2) is 10.2 Å². The van der Waals surface area contributed by atoms with Crippen LogP contribution in [-0.4, -0.2) is 31.8 Å². The molecule has 0 saturated carbocycles. The van der Waals surface area contributed by atoms with Crippen LogP contribution in [0.2, 0.25) is 5.02 Å². The van der Waals surface area contributed by atoms with E-state index in [1.54, 1.807) is 37.4 Å². The second-order valence-electron chi connectivity index (χ2n) is 8.94. The number of esters is 1. The molecule has 0 spiro atoms. The van der Waals surface area contributed by atoms with Crippen LogP contribution < -0.4 is 19.6 Å². The van der Waals surface area contributed by atoms with Crippen molar-refractivity contribution < 1.29 is 23.8 Å². The quantitative estimate of drug-likeness (QED) is 0.0897. The minimum Gasteiger partial charge on any atom is -0.497 e. The molecule has 39 heavy (non-hydrogen) atoms. The van der Waals surface area contributed by atoms with E-state index in [0.717, 1.165) is 25.7 Å². The molecule has 0 aliphatic carbocycles. The molecule has 0 fully saturated rings. The lowest BCUT2D eigenvalue weighted by Gasteiger charge is -2.15. The lowest BCUT2D eigenvalue weighted by Crippen LogP contribution is -2.25. The van der Waals surface area contributed by atoms with Gasteiger partial charge >= 0.3 is 5.97 Å². The Hall–Kier alpha value is -3.40. The van der Waals surface area contributed by atoms with E-state index in [1.807, 2.05) is 31.2 Å². The predicted molar refractivity (Wildman–Crippen MR) is 159 cm³/mol. The number of hydrazone groups is 1. The van der Waals surface area contributed by atoms with Gasteiger partial charge in [-0.05, 0) is 84.1 Å². The van der Waals surface area contributed by atoms with Gasteiger partial charge in [-0.15, -0.1) is 11.3 Å². The Balaban J connectivity index is 1.32. The van der Waals surface area contributed by atoms with Crippen molar-refractivity contribution in [2.75, 3.05) is 13.7 Å². The van der Waals surface area contributed by atoms with Crippen molar-refractivity contribution in [1.82, 2.24) is 5.43 Å². The van der Waals surface area contributed by atoms with Crippen LogP contribution in [-0.2, 0) is 4.79 Å². The first-order chi connectivity index (χ1) is 18.7. The van der Waals surface area contributed by atoms with Crippen LogP contribution in [0.25, 0.3) is 10.1 Å². The minimum atomic E-state index is -0.546. The number of rotatable bonds is 9. The summed E-state index contributed by atoms with van der Waals surface area (Å²) < 4.78 is 18.3. The van der Waals surface area contributed by atoms with Gasteiger partial charge < -0.3 is 14.2 Å². The maximum atomic E-state index is 12.7. The molecule has 4 aromatic rings. The van der Waals surface area contributed by atoms with Crippen LogP contribution in [0.3, 0.4) is 0 Å². The number of halogens is 2. The summed E-state index contributed by atoms with van der Waals surface area (Å²) in [6.07, 6.45) is 1.49. The standard InChI is InChI=1S/C29H26BrClN2O5S/c1-16(2)22-13-23(30)17(3)11-24(22)37-15-26(34)33-32-14-18-5-7-19(8-6-18)38-29(35)28-27(31)21-10-9-20(36-4)12-25(21)39-28/h5-14,16H,15H2,1-4H3,(H,33,34)/b32-14-. The van der Waals surface area contributed by atoms with E-state index in [0.29, 0.717) is 32.7 Å². The van der Waals surface area contributed by atoms with Gasteiger partial charge in [-0.1, -0.05) is 41.4 Å². The Kier molecular flexibility index (Phi) is 9.27. The number of thiophene rings is 1. The smallest absolute Gasteiger partial charge is 0.355 e. The van der Waals surface area contributed by atoms with E-state index in [4.69, 9.17) is 25.8 Å². The third-order valence-electron chi connectivity index (χ3n) is 5.79. The highest BCUT2D eigenvalue weighted by Crippen LogP contribution is 2.38. The van der Waals surface area contributed by atoms with Crippen LogP contribution in [0, 0.1) is 6.92 Å². The molecular formula is C29H26BrClN2O5S. The van der Waals surface area contributed by atoms with Crippen molar-refractivity contribution in [3.05, 3.63) is 85.7 Å². The van der Waals surface area contributed by atoms with Crippen molar-refractivity contribution in [3.8, 4) is 17.2 Å². The molecule has 0 aliphatic rings. The first-order valence-corrected chi connectivity index (χ1v) is 14.0. The van der Waals surface area contributed by atoms with Gasteiger partial charge in [0.25, 0.3) is 5.91 Å². The number of nitrogens with one attached hydrogen (secondary N) is 1. The molecule has 1 amide bonds. The zero-order valence-electron chi connectivity index (χ0n) is 21.7. The number of hydrogen-bond acceptors (Lipinski definition) is 7. The number of nitrogens with zero attached hydrogens (tertiary/aromatic N) is 1. The number of methoxy groups -OCH3 is 1. The van der Waals surface area contributed by atoms with Crippen molar-refractivity contribution in [1.29, 1.82) is 0 Å². The summed E-state index contributed by atoms with van der Waals surface area (Å²) >= 11 is 11.2. The lowest BCUT2D eigenvalue weighted by atomic mass is 10.0. The minimum absolute atomic E-state index is 0.167. The number of carbonyl (C=O) groups excluding carboxylic acids is 2.